The summed E-state index contributed by atoms with van der Waals surface area (Å²) in [5.41, 5.74) is 0.251. The Hall–Kier alpha value is -3.54. The number of hydrogen-bond donors (Lipinski definition) is 1. The highest BCUT2D eigenvalue weighted by Crippen LogP contribution is 2.31. The molecule has 4 rings (SSSR count). The Morgan fingerprint density at radius 3 is 2.46 bits per heavy atom. The summed E-state index contributed by atoms with van der Waals surface area (Å²) in [5, 5.41) is 0. The SMILES string of the molecule is Cc1ccc(S(=O)(=O)OC[C@H]2O[C@@H](n3cc(C)c(=O)[nH]c3=O)C[C@@H]2OC(=O)c2ccccc2)cc1. The van der Waals surface area contributed by atoms with E-state index in [4.69, 9.17) is 13.7 Å². The number of hydrogen-bond acceptors (Lipinski definition) is 8. The Morgan fingerprint density at radius 1 is 1.09 bits per heavy atom. The highest BCUT2D eigenvalue weighted by atomic mass is 32.2. The zero-order valence-corrected chi connectivity index (χ0v) is 19.9. The number of aromatic amines is 1. The number of nitrogens with zero attached hydrogens (tertiary/aromatic N) is 1. The fourth-order valence-electron chi connectivity index (χ4n) is 3.65. The maximum Gasteiger partial charge on any atom is 0.338 e. The van der Waals surface area contributed by atoms with E-state index in [9.17, 15) is 22.8 Å². The summed E-state index contributed by atoms with van der Waals surface area (Å²) in [6.07, 6.45) is -1.44. The number of H-pyrrole nitrogens is 1. The van der Waals surface area contributed by atoms with Gasteiger partial charge in [-0.1, -0.05) is 35.9 Å². The first kappa shape index (κ1) is 24.6. The second kappa shape index (κ2) is 9.98. The van der Waals surface area contributed by atoms with Crippen molar-refractivity contribution in [2.75, 3.05) is 6.61 Å². The number of aromatic nitrogens is 2. The summed E-state index contributed by atoms with van der Waals surface area (Å²) in [5.74, 6) is -0.628. The van der Waals surface area contributed by atoms with Gasteiger partial charge in [0, 0.05) is 18.2 Å². The van der Waals surface area contributed by atoms with Gasteiger partial charge in [-0.3, -0.25) is 18.5 Å². The monoisotopic (exact) mass is 500 g/mol. The number of carbonyl (C=O) groups is 1. The molecule has 0 radical (unpaired) electrons. The van der Waals surface area contributed by atoms with Crippen molar-refractivity contribution in [3.05, 3.63) is 98.3 Å². The summed E-state index contributed by atoms with van der Waals surface area (Å²) in [6, 6.07) is 14.4. The lowest BCUT2D eigenvalue weighted by Crippen LogP contribution is -2.33. The van der Waals surface area contributed by atoms with E-state index in [1.807, 2.05) is 6.92 Å². The largest absolute Gasteiger partial charge is 0.456 e. The predicted octanol–water partition coefficient (Wildman–Crippen LogP) is 2.07. The second-order valence-corrected chi connectivity index (χ2v) is 9.82. The van der Waals surface area contributed by atoms with E-state index in [1.54, 1.807) is 42.5 Å². The third kappa shape index (κ3) is 5.59. The first-order valence-electron chi connectivity index (χ1n) is 10.8. The molecule has 1 N–H and O–H groups in total. The quantitative estimate of drug-likeness (QED) is 0.385. The Bertz CT molecular complexity index is 1430. The fourth-order valence-corrected chi connectivity index (χ4v) is 4.57. The standard InChI is InChI=1S/C24H24N2O8S/c1-15-8-10-18(11-9-15)35(30,31)32-14-20-19(34-23(28)17-6-4-3-5-7-17)12-21(33-20)26-13-16(2)22(27)25-24(26)29/h3-11,13,19-21H,12,14H2,1-2H3,(H,25,27,29)/t19-,20+,21+/m0/s1. The van der Waals surface area contributed by atoms with Gasteiger partial charge < -0.3 is 9.47 Å². The van der Waals surface area contributed by atoms with Gasteiger partial charge in [0.1, 0.15) is 18.4 Å². The molecule has 0 aliphatic carbocycles. The molecule has 1 saturated heterocycles. The lowest BCUT2D eigenvalue weighted by molar-refractivity contribution is -0.0468. The van der Waals surface area contributed by atoms with Crippen LogP contribution in [0.5, 0.6) is 0 Å². The van der Waals surface area contributed by atoms with Gasteiger partial charge in [-0.25, -0.2) is 9.59 Å². The Labute approximate surface area is 201 Å². The van der Waals surface area contributed by atoms with Crippen LogP contribution in [-0.4, -0.2) is 42.8 Å². The highest BCUT2D eigenvalue weighted by molar-refractivity contribution is 7.86. The van der Waals surface area contributed by atoms with Crippen molar-refractivity contribution in [2.45, 2.75) is 43.6 Å². The summed E-state index contributed by atoms with van der Waals surface area (Å²) in [6.45, 7) is 2.91. The molecule has 2 aromatic carbocycles. The number of esters is 1. The lowest BCUT2D eigenvalue weighted by Gasteiger charge is -2.19. The average Bonchev–Trinajstić information content (AvgIpc) is 3.23. The van der Waals surface area contributed by atoms with E-state index in [0.717, 1.165) is 5.56 Å². The molecule has 0 saturated carbocycles. The number of rotatable bonds is 7. The molecule has 0 spiro atoms. The van der Waals surface area contributed by atoms with Crippen LogP contribution in [0.15, 0.2) is 75.3 Å². The van der Waals surface area contributed by atoms with E-state index in [1.165, 1.54) is 29.8 Å². The minimum absolute atomic E-state index is 0.0250. The number of benzene rings is 2. The molecule has 3 atom stereocenters. The van der Waals surface area contributed by atoms with Crippen molar-refractivity contribution < 1.29 is 26.9 Å². The molecular formula is C24H24N2O8S. The van der Waals surface area contributed by atoms with Crippen LogP contribution >= 0.6 is 0 Å². The van der Waals surface area contributed by atoms with Gasteiger partial charge >= 0.3 is 11.7 Å². The van der Waals surface area contributed by atoms with Crippen LogP contribution in [0.1, 0.15) is 34.1 Å². The second-order valence-electron chi connectivity index (χ2n) is 8.21. The molecule has 0 amide bonds. The molecule has 0 bridgehead atoms. The molecule has 1 aromatic heterocycles. The minimum atomic E-state index is -4.11. The molecule has 1 aliphatic heterocycles. The molecular weight excluding hydrogens is 476 g/mol. The highest BCUT2D eigenvalue weighted by Gasteiger charge is 2.40. The maximum atomic E-state index is 12.7. The number of carbonyl (C=O) groups excluding carboxylic acids is 1. The summed E-state index contributed by atoms with van der Waals surface area (Å²) in [4.78, 5) is 38.9. The molecule has 3 aromatic rings. The molecule has 1 aliphatic rings. The zero-order valence-electron chi connectivity index (χ0n) is 19.0. The van der Waals surface area contributed by atoms with Crippen LogP contribution in [-0.2, 0) is 23.8 Å². The Balaban J connectivity index is 1.57. The minimum Gasteiger partial charge on any atom is -0.456 e. The fraction of sp³-hybridized carbons (Fsp3) is 0.292. The van der Waals surface area contributed by atoms with E-state index in [2.05, 4.69) is 4.98 Å². The molecule has 35 heavy (non-hydrogen) atoms. The van der Waals surface area contributed by atoms with Gasteiger partial charge in [-0.05, 0) is 38.1 Å². The van der Waals surface area contributed by atoms with Crippen molar-refractivity contribution >= 4 is 16.1 Å². The lowest BCUT2D eigenvalue weighted by atomic mass is 10.1. The molecule has 11 heteroatoms. The first-order valence-corrected chi connectivity index (χ1v) is 12.2. The average molecular weight is 501 g/mol. The molecule has 10 nitrogen and oxygen atoms in total. The van der Waals surface area contributed by atoms with Gasteiger partial charge in [-0.15, -0.1) is 0 Å². The summed E-state index contributed by atoms with van der Waals surface area (Å²) >= 11 is 0. The van der Waals surface area contributed by atoms with Crippen LogP contribution in [0.4, 0.5) is 0 Å². The number of aryl methyl sites for hydroxylation is 2. The van der Waals surface area contributed by atoms with Crippen molar-refractivity contribution in [1.29, 1.82) is 0 Å². The van der Waals surface area contributed by atoms with Crippen LogP contribution in [0.2, 0.25) is 0 Å². The maximum absolute atomic E-state index is 12.7. The van der Waals surface area contributed by atoms with Crippen LogP contribution in [0, 0.1) is 13.8 Å². The summed E-state index contributed by atoms with van der Waals surface area (Å²) < 4.78 is 43.2. The van der Waals surface area contributed by atoms with Crippen molar-refractivity contribution in [2.24, 2.45) is 0 Å². The van der Waals surface area contributed by atoms with E-state index >= 15 is 0 Å². The van der Waals surface area contributed by atoms with E-state index < -0.39 is 52.4 Å². The Kier molecular flexibility index (Phi) is 7.01. The third-order valence-electron chi connectivity index (χ3n) is 5.60. The van der Waals surface area contributed by atoms with Crippen molar-refractivity contribution in [3.63, 3.8) is 0 Å². The first-order chi connectivity index (χ1) is 16.6. The van der Waals surface area contributed by atoms with Crippen LogP contribution < -0.4 is 11.2 Å². The van der Waals surface area contributed by atoms with Crippen LogP contribution in [0.25, 0.3) is 0 Å². The van der Waals surface area contributed by atoms with Crippen molar-refractivity contribution in [1.82, 2.24) is 9.55 Å². The topological polar surface area (TPSA) is 134 Å². The summed E-state index contributed by atoms with van der Waals surface area (Å²) in [7, 11) is -4.11. The molecule has 1 fully saturated rings. The molecule has 0 unspecified atom stereocenters. The van der Waals surface area contributed by atoms with E-state index in [0.29, 0.717) is 5.56 Å². The molecule has 2 heterocycles. The smallest absolute Gasteiger partial charge is 0.338 e. The van der Waals surface area contributed by atoms with Gasteiger partial charge in [0.05, 0.1) is 17.1 Å². The van der Waals surface area contributed by atoms with Crippen LogP contribution in [0.3, 0.4) is 0 Å². The number of ether oxygens (including phenoxy) is 2. The van der Waals surface area contributed by atoms with Gasteiger partial charge in [0.25, 0.3) is 15.7 Å². The van der Waals surface area contributed by atoms with Crippen molar-refractivity contribution in [3.8, 4) is 0 Å². The number of nitrogens with one attached hydrogen (secondary N) is 1. The third-order valence-corrected chi connectivity index (χ3v) is 6.90. The predicted molar refractivity (Wildman–Crippen MR) is 125 cm³/mol. The zero-order chi connectivity index (χ0) is 25.2. The molecule has 184 valence electrons. The van der Waals surface area contributed by atoms with Gasteiger partial charge in [-0.2, -0.15) is 8.42 Å². The Morgan fingerprint density at radius 2 is 1.77 bits per heavy atom. The van der Waals surface area contributed by atoms with E-state index in [-0.39, 0.29) is 16.9 Å². The van der Waals surface area contributed by atoms with Gasteiger partial charge in [0.2, 0.25) is 0 Å². The normalized spacial score (nSPS) is 20.0. The van der Waals surface area contributed by atoms with Gasteiger partial charge in [0.15, 0.2) is 0 Å².